The van der Waals surface area contributed by atoms with Crippen LogP contribution < -0.4 is 9.64 Å². The first kappa shape index (κ1) is 18.4. The van der Waals surface area contributed by atoms with Gasteiger partial charge in [0, 0.05) is 26.2 Å². The summed E-state index contributed by atoms with van der Waals surface area (Å²) in [5.74, 6) is 0.317. The largest absolute Gasteiger partial charge is 0.471 e. The van der Waals surface area contributed by atoms with Gasteiger partial charge in [0.25, 0.3) is 11.8 Å². The summed E-state index contributed by atoms with van der Waals surface area (Å²) in [5.41, 5.74) is 2.02. The molecule has 2 aromatic carbocycles. The molecule has 1 aliphatic rings. The summed E-state index contributed by atoms with van der Waals surface area (Å²) in [6, 6.07) is 19.0. The first-order valence-corrected chi connectivity index (χ1v) is 9.51. The number of aromatic nitrogens is 1. The van der Waals surface area contributed by atoms with Gasteiger partial charge in [0.2, 0.25) is 5.76 Å². The zero-order chi connectivity index (χ0) is 19.3. The first-order valence-electron chi connectivity index (χ1n) is 9.13. The number of ether oxygens (including phenoxy) is 1. The Balaban J connectivity index is 1.33. The molecule has 1 aromatic heterocycles. The van der Waals surface area contributed by atoms with Crippen molar-refractivity contribution in [3.8, 4) is 5.88 Å². The van der Waals surface area contributed by atoms with E-state index in [9.17, 15) is 4.79 Å². The Bertz CT molecular complexity index is 937. The Hall–Kier alpha value is -2.99. The quantitative estimate of drug-likeness (QED) is 0.654. The molecule has 0 unspecified atom stereocenters. The number of carbonyl (C=O) groups excluding carboxylic acids is 1. The third-order valence-electron chi connectivity index (χ3n) is 4.69. The van der Waals surface area contributed by atoms with Gasteiger partial charge in [-0.05, 0) is 22.9 Å². The number of rotatable bonds is 5. The number of nitrogens with zero attached hydrogens (tertiary/aromatic N) is 3. The number of carbonyl (C=O) groups is 1. The van der Waals surface area contributed by atoms with Crippen molar-refractivity contribution < 1.29 is 14.1 Å². The van der Waals surface area contributed by atoms with Gasteiger partial charge < -0.3 is 19.1 Å². The lowest BCUT2D eigenvalue weighted by Crippen LogP contribution is -2.48. The molecule has 144 valence electrons. The molecule has 7 heteroatoms. The van der Waals surface area contributed by atoms with Crippen molar-refractivity contribution in [1.82, 2.24) is 10.1 Å². The average Bonchev–Trinajstić information content (AvgIpc) is 3.22. The zero-order valence-corrected chi connectivity index (χ0v) is 16.0. The number of hydrogen-bond acceptors (Lipinski definition) is 5. The van der Waals surface area contributed by atoms with E-state index >= 15 is 0 Å². The molecular formula is C21H20ClN3O3. The van der Waals surface area contributed by atoms with E-state index in [1.807, 2.05) is 54.6 Å². The highest BCUT2D eigenvalue weighted by Crippen LogP contribution is 2.26. The molecule has 28 heavy (non-hydrogen) atoms. The van der Waals surface area contributed by atoms with Crippen molar-refractivity contribution in [2.24, 2.45) is 0 Å². The Morgan fingerprint density at radius 3 is 2.50 bits per heavy atom. The number of piperazine rings is 1. The summed E-state index contributed by atoms with van der Waals surface area (Å²) in [5, 5.41) is 4.57. The van der Waals surface area contributed by atoms with E-state index in [0.29, 0.717) is 38.7 Å². The summed E-state index contributed by atoms with van der Waals surface area (Å²) in [6.07, 6.45) is 0. The van der Waals surface area contributed by atoms with Crippen LogP contribution in [0, 0.1) is 0 Å². The Labute approximate surface area is 168 Å². The Morgan fingerprint density at radius 2 is 1.75 bits per heavy atom. The van der Waals surface area contributed by atoms with Gasteiger partial charge in [-0.1, -0.05) is 54.1 Å². The SMILES string of the molecule is O=C(c1cc(OCc2ccccc2)no1)N1CCN(c2ccccc2Cl)CC1. The molecule has 1 fully saturated rings. The summed E-state index contributed by atoms with van der Waals surface area (Å²) < 4.78 is 10.8. The number of benzene rings is 2. The lowest BCUT2D eigenvalue weighted by molar-refractivity contribution is 0.0704. The Morgan fingerprint density at radius 1 is 1.04 bits per heavy atom. The zero-order valence-electron chi connectivity index (χ0n) is 15.3. The van der Waals surface area contributed by atoms with Gasteiger partial charge >= 0.3 is 0 Å². The normalized spacial score (nSPS) is 14.2. The molecule has 3 aromatic rings. The van der Waals surface area contributed by atoms with E-state index in [0.717, 1.165) is 16.3 Å². The number of halogens is 1. The van der Waals surface area contributed by atoms with Crippen molar-refractivity contribution in [1.29, 1.82) is 0 Å². The fourth-order valence-electron chi connectivity index (χ4n) is 3.17. The van der Waals surface area contributed by atoms with Crippen LogP contribution in [0.15, 0.2) is 65.2 Å². The third kappa shape index (κ3) is 4.12. The van der Waals surface area contributed by atoms with E-state index in [-0.39, 0.29) is 11.7 Å². The number of amides is 1. The molecule has 0 N–H and O–H groups in total. The van der Waals surface area contributed by atoms with Gasteiger partial charge in [0.05, 0.1) is 16.8 Å². The van der Waals surface area contributed by atoms with Crippen molar-refractivity contribution in [2.75, 3.05) is 31.1 Å². The molecule has 0 atom stereocenters. The second-order valence-electron chi connectivity index (χ2n) is 6.53. The minimum absolute atomic E-state index is 0.180. The molecule has 0 spiro atoms. The molecule has 0 radical (unpaired) electrons. The smallest absolute Gasteiger partial charge is 0.292 e. The maximum atomic E-state index is 12.7. The van der Waals surface area contributed by atoms with Crippen LogP contribution in [-0.4, -0.2) is 42.1 Å². The molecule has 6 nitrogen and oxygen atoms in total. The minimum Gasteiger partial charge on any atom is -0.471 e. The topological polar surface area (TPSA) is 58.8 Å². The Kier molecular flexibility index (Phi) is 5.48. The highest BCUT2D eigenvalue weighted by molar-refractivity contribution is 6.33. The van der Waals surface area contributed by atoms with Crippen LogP contribution in [0.4, 0.5) is 5.69 Å². The summed E-state index contributed by atoms with van der Waals surface area (Å²) in [7, 11) is 0. The van der Waals surface area contributed by atoms with Crippen LogP contribution in [-0.2, 0) is 6.61 Å². The van der Waals surface area contributed by atoms with Gasteiger partial charge in [-0.3, -0.25) is 4.79 Å². The second-order valence-corrected chi connectivity index (χ2v) is 6.94. The van der Waals surface area contributed by atoms with Crippen molar-refractivity contribution >= 4 is 23.2 Å². The van der Waals surface area contributed by atoms with Crippen LogP contribution in [0.25, 0.3) is 0 Å². The summed E-state index contributed by atoms with van der Waals surface area (Å²) >= 11 is 6.27. The maximum Gasteiger partial charge on any atom is 0.292 e. The second kappa shape index (κ2) is 8.35. The minimum atomic E-state index is -0.180. The third-order valence-corrected chi connectivity index (χ3v) is 5.01. The lowest BCUT2D eigenvalue weighted by Gasteiger charge is -2.36. The molecular weight excluding hydrogens is 378 g/mol. The van der Waals surface area contributed by atoms with E-state index in [2.05, 4.69) is 10.1 Å². The highest BCUT2D eigenvalue weighted by atomic mass is 35.5. The van der Waals surface area contributed by atoms with E-state index in [1.54, 1.807) is 11.0 Å². The molecule has 2 heterocycles. The summed E-state index contributed by atoms with van der Waals surface area (Å²) in [4.78, 5) is 16.6. The highest BCUT2D eigenvalue weighted by Gasteiger charge is 2.26. The standard InChI is InChI=1S/C21H20ClN3O3/c22-17-8-4-5-9-18(17)24-10-12-25(13-11-24)21(26)19-14-20(23-28-19)27-15-16-6-2-1-3-7-16/h1-9,14H,10-13,15H2. The van der Waals surface area contributed by atoms with Crippen LogP contribution in [0.5, 0.6) is 5.88 Å². The summed E-state index contributed by atoms with van der Waals surface area (Å²) in [6.45, 7) is 2.97. The first-order chi connectivity index (χ1) is 13.7. The molecule has 1 amide bonds. The molecule has 0 saturated carbocycles. The molecule has 1 aliphatic heterocycles. The molecule has 4 rings (SSSR count). The van der Waals surface area contributed by atoms with Crippen molar-refractivity contribution in [3.63, 3.8) is 0 Å². The number of hydrogen-bond donors (Lipinski definition) is 0. The van der Waals surface area contributed by atoms with Crippen molar-refractivity contribution in [2.45, 2.75) is 6.61 Å². The van der Waals surface area contributed by atoms with Gasteiger partial charge in [-0.15, -0.1) is 0 Å². The van der Waals surface area contributed by atoms with Gasteiger partial charge in [-0.25, -0.2) is 0 Å². The van der Waals surface area contributed by atoms with Gasteiger partial charge in [-0.2, -0.15) is 0 Å². The van der Waals surface area contributed by atoms with Crippen LogP contribution in [0.2, 0.25) is 5.02 Å². The predicted octanol–water partition coefficient (Wildman–Crippen LogP) is 3.87. The van der Waals surface area contributed by atoms with Gasteiger partial charge in [0.1, 0.15) is 6.61 Å². The fourth-order valence-corrected chi connectivity index (χ4v) is 3.43. The predicted molar refractivity (Wildman–Crippen MR) is 107 cm³/mol. The van der Waals surface area contributed by atoms with Crippen molar-refractivity contribution in [3.05, 3.63) is 77.0 Å². The number of para-hydroxylation sites is 1. The van der Waals surface area contributed by atoms with Crippen LogP contribution in [0.3, 0.4) is 0 Å². The van der Waals surface area contributed by atoms with Gasteiger partial charge in [0.15, 0.2) is 0 Å². The average molecular weight is 398 g/mol. The monoisotopic (exact) mass is 397 g/mol. The molecule has 0 aliphatic carbocycles. The fraction of sp³-hybridized carbons (Fsp3) is 0.238. The molecule has 0 bridgehead atoms. The van der Waals surface area contributed by atoms with E-state index in [4.69, 9.17) is 20.9 Å². The lowest BCUT2D eigenvalue weighted by atomic mass is 10.2. The van der Waals surface area contributed by atoms with Crippen LogP contribution in [0.1, 0.15) is 16.1 Å². The number of anilines is 1. The van der Waals surface area contributed by atoms with Crippen LogP contribution >= 0.6 is 11.6 Å². The van der Waals surface area contributed by atoms with E-state index in [1.165, 1.54) is 0 Å². The van der Waals surface area contributed by atoms with E-state index < -0.39 is 0 Å². The molecule has 1 saturated heterocycles. The maximum absolute atomic E-state index is 12.7.